The van der Waals surface area contributed by atoms with Crippen LogP contribution in [0.25, 0.3) is 5.57 Å². The van der Waals surface area contributed by atoms with E-state index >= 15 is 0 Å². The lowest BCUT2D eigenvalue weighted by molar-refractivity contribution is -0.146. The minimum Gasteiger partial charge on any atom is -0.494 e. The maximum atomic E-state index is 13.4. The van der Waals surface area contributed by atoms with Crippen molar-refractivity contribution >= 4 is 11.5 Å². The summed E-state index contributed by atoms with van der Waals surface area (Å²) in [6.07, 6.45) is 1.85. The second kappa shape index (κ2) is 10.5. The third-order valence-electron chi connectivity index (χ3n) is 8.63. The monoisotopic (exact) mass is 554 g/mol. The van der Waals surface area contributed by atoms with Crippen molar-refractivity contribution in [1.82, 2.24) is 0 Å². The van der Waals surface area contributed by atoms with Gasteiger partial charge in [0.2, 0.25) is 6.79 Å². The highest BCUT2D eigenvalue weighted by Crippen LogP contribution is 2.47. The molecule has 5 aliphatic rings. The lowest BCUT2D eigenvalue weighted by atomic mass is 9.75. The second-order valence-electron chi connectivity index (χ2n) is 11.6. The van der Waals surface area contributed by atoms with Gasteiger partial charge in [-0.15, -0.1) is 0 Å². The number of rotatable bonds is 6. The number of ether oxygens (including phenoxy) is 8. The van der Waals surface area contributed by atoms with E-state index in [0.29, 0.717) is 41.2 Å². The van der Waals surface area contributed by atoms with Gasteiger partial charge in [0.05, 0.1) is 30.5 Å². The fraction of sp³-hybridized carbons (Fsp3) is 0.581. The number of fused-ring (bicyclic) bond motifs is 3. The molecule has 9 heteroatoms. The molecule has 3 fully saturated rings. The molecule has 3 heterocycles. The van der Waals surface area contributed by atoms with Crippen LogP contribution in [-0.2, 0) is 33.2 Å². The van der Waals surface area contributed by atoms with E-state index in [1.54, 1.807) is 14.2 Å². The number of cyclic esters (lactones) is 1. The molecule has 0 amide bonds. The molecule has 9 nitrogen and oxygen atoms in total. The van der Waals surface area contributed by atoms with Crippen LogP contribution in [0, 0.1) is 11.8 Å². The summed E-state index contributed by atoms with van der Waals surface area (Å²) in [5, 5.41) is 0. The summed E-state index contributed by atoms with van der Waals surface area (Å²) in [5.74, 6) is 0.722. The third kappa shape index (κ3) is 4.72. The van der Waals surface area contributed by atoms with Crippen LogP contribution >= 0.6 is 0 Å². The predicted molar refractivity (Wildman–Crippen MR) is 144 cm³/mol. The van der Waals surface area contributed by atoms with Gasteiger partial charge in [0, 0.05) is 43.6 Å². The number of carbonyl (C=O) groups is 1. The topological polar surface area (TPSA) is 90.9 Å². The van der Waals surface area contributed by atoms with Crippen LogP contribution in [-0.4, -0.2) is 70.4 Å². The van der Waals surface area contributed by atoms with Gasteiger partial charge in [0.25, 0.3) is 0 Å². The average molecular weight is 555 g/mol. The first kappa shape index (κ1) is 27.3. The highest BCUT2D eigenvalue weighted by molar-refractivity contribution is 6.08. The third-order valence-corrected chi connectivity index (χ3v) is 8.63. The van der Waals surface area contributed by atoms with Gasteiger partial charge in [0.1, 0.15) is 18.5 Å². The molecule has 3 aliphatic heterocycles. The van der Waals surface area contributed by atoms with E-state index in [2.05, 4.69) is 13.5 Å². The van der Waals surface area contributed by atoms with Gasteiger partial charge in [-0.2, -0.15) is 0 Å². The van der Waals surface area contributed by atoms with Crippen molar-refractivity contribution in [3.8, 4) is 11.5 Å². The lowest BCUT2D eigenvalue weighted by Gasteiger charge is -2.38. The Hall–Kier alpha value is -2.85. The summed E-state index contributed by atoms with van der Waals surface area (Å²) < 4.78 is 47.8. The standard InChI is InChI=1S/C31H38O9/c1-16-20(13-33-5)28(34-6)17(2)26(18-7-9-22-24(11-18)37-15-36-22)27-21(14-35-30(27)32)29(16)38-19-8-10-23-25(12-19)40-31(3,4)39-23/h7,9,11,16,19-20,23,25,28H,2,8,10,12-15H2,1,3-6H3/b27-26-,29-21+/t16-,19?,20?,23?,25?,28?/m0/s1. The van der Waals surface area contributed by atoms with Gasteiger partial charge < -0.3 is 37.9 Å². The average Bonchev–Trinajstić information content (AvgIpc) is 3.62. The van der Waals surface area contributed by atoms with E-state index in [4.69, 9.17) is 37.9 Å². The summed E-state index contributed by atoms with van der Waals surface area (Å²) in [5.41, 5.74) is 3.31. The zero-order chi connectivity index (χ0) is 28.2. The molecular weight excluding hydrogens is 516 g/mol. The van der Waals surface area contributed by atoms with E-state index < -0.39 is 17.9 Å². The fourth-order valence-electron chi connectivity index (χ4n) is 6.81. The van der Waals surface area contributed by atoms with Crippen molar-refractivity contribution < 1.29 is 42.7 Å². The molecule has 0 spiro atoms. The highest BCUT2D eigenvalue weighted by atomic mass is 16.8. The molecule has 216 valence electrons. The number of esters is 1. The summed E-state index contributed by atoms with van der Waals surface area (Å²) >= 11 is 0. The van der Waals surface area contributed by atoms with Gasteiger partial charge in [-0.3, -0.25) is 0 Å². The van der Waals surface area contributed by atoms with Gasteiger partial charge in [-0.1, -0.05) is 19.6 Å². The molecule has 6 atom stereocenters. The molecule has 1 aromatic rings. The molecule has 6 rings (SSSR count). The zero-order valence-corrected chi connectivity index (χ0v) is 23.8. The molecule has 0 aromatic heterocycles. The Kier molecular flexibility index (Phi) is 7.19. The molecule has 0 N–H and O–H groups in total. The molecule has 1 aromatic carbocycles. The number of allylic oxidation sites excluding steroid dienone is 1. The maximum absolute atomic E-state index is 13.4. The van der Waals surface area contributed by atoms with Gasteiger partial charge in [-0.25, -0.2) is 4.79 Å². The summed E-state index contributed by atoms with van der Waals surface area (Å²) in [6, 6.07) is 5.64. The normalized spacial score (nSPS) is 36.5. The first-order valence-electron chi connectivity index (χ1n) is 14.0. The number of benzene rings is 1. The Morgan fingerprint density at radius 3 is 2.58 bits per heavy atom. The first-order valence-corrected chi connectivity index (χ1v) is 14.0. The Morgan fingerprint density at radius 1 is 1.02 bits per heavy atom. The van der Waals surface area contributed by atoms with E-state index in [1.807, 2.05) is 32.0 Å². The van der Waals surface area contributed by atoms with Crippen LogP contribution in [0.2, 0.25) is 0 Å². The number of carbonyl (C=O) groups excluding carboxylic acids is 1. The summed E-state index contributed by atoms with van der Waals surface area (Å²) in [7, 11) is 3.34. The van der Waals surface area contributed by atoms with Gasteiger partial charge in [0.15, 0.2) is 17.3 Å². The minimum absolute atomic E-state index is 0.0369. The van der Waals surface area contributed by atoms with Crippen molar-refractivity contribution in [2.75, 3.05) is 34.2 Å². The molecule has 2 saturated heterocycles. The number of hydrogen-bond donors (Lipinski definition) is 0. The minimum atomic E-state index is -0.601. The Morgan fingerprint density at radius 2 is 1.80 bits per heavy atom. The van der Waals surface area contributed by atoms with Crippen LogP contribution < -0.4 is 9.47 Å². The molecular formula is C31H38O9. The quantitative estimate of drug-likeness (QED) is 0.470. The van der Waals surface area contributed by atoms with E-state index in [-0.39, 0.29) is 43.5 Å². The SMILES string of the molecule is C=C1/C(c2ccc3c(c2)OCO3)=C2/C(=O)OC/C2=C(\OC2CCC3OC(C)(C)OC3C2)[C@@H](C)C(COC)C1OC. The molecule has 0 radical (unpaired) electrons. The molecule has 5 unspecified atom stereocenters. The molecule has 40 heavy (non-hydrogen) atoms. The lowest BCUT2D eigenvalue weighted by Crippen LogP contribution is -2.39. The van der Waals surface area contributed by atoms with Crippen LogP contribution in [0.5, 0.6) is 11.5 Å². The number of methoxy groups -OCH3 is 2. The maximum Gasteiger partial charge on any atom is 0.339 e. The van der Waals surface area contributed by atoms with Crippen LogP contribution in [0.15, 0.2) is 47.3 Å². The second-order valence-corrected chi connectivity index (χ2v) is 11.6. The van der Waals surface area contributed by atoms with Crippen molar-refractivity contribution in [3.05, 3.63) is 52.8 Å². The van der Waals surface area contributed by atoms with E-state index in [1.165, 1.54) is 0 Å². The van der Waals surface area contributed by atoms with E-state index in [9.17, 15) is 4.79 Å². The van der Waals surface area contributed by atoms with Crippen molar-refractivity contribution in [2.24, 2.45) is 11.8 Å². The summed E-state index contributed by atoms with van der Waals surface area (Å²) in [6.45, 7) is 11.1. The Balaban J connectivity index is 1.46. The van der Waals surface area contributed by atoms with Crippen molar-refractivity contribution in [3.63, 3.8) is 0 Å². The molecule has 2 aliphatic carbocycles. The van der Waals surface area contributed by atoms with Crippen LogP contribution in [0.4, 0.5) is 0 Å². The summed E-state index contributed by atoms with van der Waals surface area (Å²) in [4.78, 5) is 13.4. The first-order chi connectivity index (χ1) is 19.2. The van der Waals surface area contributed by atoms with Crippen molar-refractivity contribution in [1.29, 1.82) is 0 Å². The zero-order valence-electron chi connectivity index (χ0n) is 23.8. The fourth-order valence-corrected chi connectivity index (χ4v) is 6.81. The van der Waals surface area contributed by atoms with Gasteiger partial charge in [-0.05, 0) is 50.0 Å². The molecule has 0 bridgehead atoms. The van der Waals surface area contributed by atoms with Crippen molar-refractivity contribution in [2.45, 2.75) is 70.2 Å². The van der Waals surface area contributed by atoms with Crippen LogP contribution in [0.3, 0.4) is 0 Å². The Bertz CT molecular complexity index is 1260. The van der Waals surface area contributed by atoms with E-state index in [0.717, 1.165) is 29.7 Å². The predicted octanol–water partition coefficient (Wildman–Crippen LogP) is 4.55. The smallest absolute Gasteiger partial charge is 0.339 e. The number of hydrogen-bond acceptors (Lipinski definition) is 9. The highest BCUT2D eigenvalue weighted by Gasteiger charge is 2.47. The molecule has 1 saturated carbocycles. The largest absolute Gasteiger partial charge is 0.494 e. The van der Waals surface area contributed by atoms with Crippen LogP contribution in [0.1, 0.15) is 45.6 Å². The van der Waals surface area contributed by atoms with Gasteiger partial charge >= 0.3 is 5.97 Å². The Labute approximate surface area is 235 Å².